The number of methoxy groups -OCH3 is 2. The Hall–Kier alpha value is -3.74. The minimum absolute atomic E-state index is 0.129. The summed E-state index contributed by atoms with van der Waals surface area (Å²) in [5.74, 6) is -0.327. The van der Waals surface area contributed by atoms with Crippen LogP contribution in [0.3, 0.4) is 0 Å². The van der Waals surface area contributed by atoms with Gasteiger partial charge in [0, 0.05) is 28.3 Å². The number of rotatable bonds is 6. The van der Waals surface area contributed by atoms with Crippen LogP contribution in [0.2, 0.25) is 10.0 Å². The molecule has 0 saturated carbocycles. The van der Waals surface area contributed by atoms with Crippen LogP contribution < -0.4 is 14.8 Å². The third-order valence-corrected chi connectivity index (χ3v) is 7.29. The fraction of sp³-hybridized carbons (Fsp3) is 0.172. The number of carbonyl (C=O) groups excluding carboxylic acids is 2. The molecule has 37 heavy (non-hydrogen) atoms. The van der Waals surface area contributed by atoms with E-state index in [1.807, 2.05) is 30.3 Å². The molecule has 188 valence electrons. The third-order valence-electron chi connectivity index (χ3n) is 6.55. The van der Waals surface area contributed by atoms with Gasteiger partial charge in [-0.1, -0.05) is 59.6 Å². The van der Waals surface area contributed by atoms with E-state index in [4.69, 9.17) is 37.4 Å². The number of hydrogen-bond donors (Lipinski definition) is 1. The number of Topliss-reactive ketones (excluding diaryl/α,β-unsaturated/α-hetero) is 1. The standard InChI is InChI=1S/C29H23Cl2NO5/c1-15-24(29(34)36-3)25(26-27(32-15)18-6-4-5-7-19(18)28(26)33)17-9-11-22(23(13-17)35-2)37-14-16-8-10-20(30)21(31)12-16/h4-13,25,32H,14H2,1-3H3. The first-order chi connectivity index (χ1) is 17.8. The molecule has 1 atom stereocenters. The number of fused-ring (bicyclic) bond motifs is 2. The Bertz CT molecular complexity index is 1510. The van der Waals surface area contributed by atoms with Crippen molar-refractivity contribution in [3.05, 3.63) is 110 Å². The van der Waals surface area contributed by atoms with Gasteiger partial charge in [0.1, 0.15) is 6.61 Å². The van der Waals surface area contributed by atoms with Gasteiger partial charge in [0.05, 0.1) is 35.5 Å². The van der Waals surface area contributed by atoms with E-state index in [2.05, 4.69) is 5.32 Å². The van der Waals surface area contributed by atoms with E-state index in [0.29, 0.717) is 55.2 Å². The fourth-order valence-corrected chi connectivity index (χ4v) is 5.14. The molecule has 5 rings (SSSR count). The topological polar surface area (TPSA) is 73.9 Å². The zero-order valence-electron chi connectivity index (χ0n) is 20.4. The molecule has 0 saturated heterocycles. The maximum atomic E-state index is 13.6. The molecular formula is C29H23Cl2NO5. The van der Waals surface area contributed by atoms with Gasteiger partial charge in [-0.2, -0.15) is 0 Å². The van der Waals surface area contributed by atoms with Gasteiger partial charge >= 0.3 is 5.97 Å². The van der Waals surface area contributed by atoms with E-state index < -0.39 is 11.9 Å². The van der Waals surface area contributed by atoms with Crippen molar-refractivity contribution in [2.75, 3.05) is 14.2 Å². The van der Waals surface area contributed by atoms with Crippen LogP contribution in [0, 0.1) is 0 Å². The molecule has 6 nitrogen and oxygen atoms in total. The minimum Gasteiger partial charge on any atom is -0.493 e. The van der Waals surface area contributed by atoms with Crippen molar-refractivity contribution >= 4 is 40.7 Å². The van der Waals surface area contributed by atoms with Crippen LogP contribution in [0.4, 0.5) is 0 Å². The van der Waals surface area contributed by atoms with E-state index in [1.54, 1.807) is 37.3 Å². The van der Waals surface area contributed by atoms with Crippen molar-refractivity contribution in [3.8, 4) is 11.5 Å². The molecule has 0 fully saturated rings. The molecule has 8 heteroatoms. The van der Waals surface area contributed by atoms with Crippen LogP contribution in [0.15, 0.2) is 77.5 Å². The molecule has 0 amide bonds. The van der Waals surface area contributed by atoms with Crippen LogP contribution in [0.5, 0.6) is 11.5 Å². The van der Waals surface area contributed by atoms with Crippen molar-refractivity contribution in [2.45, 2.75) is 19.4 Å². The summed E-state index contributed by atoms with van der Waals surface area (Å²) in [6.07, 6.45) is 0. The Morgan fingerprint density at radius 2 is 1.70 bits per heavy atom. The fourth-order valence-electron chi connectivity index (χ4n) is 4.82. The summed E-state index contributed by atoms with van der Waals surface area (Å²) in [6.45, 7) is 2.05. The Kier molecular flexibility index (Phi) is 6.71. The summed E-state index contributed by atoms with van der Waals surface area (Å²) < 4.78 is 16.8. The summed E-state index contributed by atoms with van der Waals surface area (Å²) in [5.41, 5.74) is 5.14. The van der Waals surface area contributed by atoms with Gasteiger partial charge in [0.25, 0.3) is 0 Å². The summed E-state index contributed by atoms with van der Waals surface area (Å²) >= 11 is 12.1. The zero-order valence-corrected chi connectivity index (χ0v) is 21.9. The summed E-state index contributed by atoms with van der Waals surface area (Å²) in [4.78, 5) is 26.5. The zero-order chi connectivity index (χ0) is 26.3. The van der Waals surface area contributed by atoms with Crippen molar-refractivity contribution < 1.29 is 23.8 Å². The molecular weight excluding hydrogens is 513 g/mol. The maximum Gasteiger partial charge on any atom is 0.336 e. The number of ether oxygens (including phenoxy) is 3. The molecule has 1 aliphatic carbocycles. The number of allylic oxidation sites excluding steroid dienone is 2. The summed E-state index contributed by atoms with van der Waals surface area (Å²) in [6, 6.07) is 18.1. The number of dihydropyridines is 1. The van der Waals surface area contributed by atoms with Gasteiger partial charge in [-0.25, -0.2) is 4.79 Å². The number of benzene rings is 3. The molecule has 2 aliphatic rings. The van der Waals surface area contributed by atoms with Gasteiger partial charge in [0.15, 0.2) is 17.3 Å². The molecule has 3 aromatic carbocycles. The summed E-state index contributed by atoms with van der Waals surface area (Å²) in [5, 5.41) is 4.19. The largest absolute Gasteiger partial charge is 0.493 e. The van der Waals surface area contributed by atoms with Crippen LogP contribution in [0.1, 0.15) is 39.9 Å². The van der Waals surface area contributed by atoms with E-state index in [-0.39, 0.29) is 12.4 Å². The smallest absolute Gasteiger partial charge is 0.336 e. The lowest BCUT2D eigenvalue weighted by atomic mass is 9.79. The summed E-state index contributed by atoms with van der Waals surface area (Å²) in [7, 11) is 2.87. The predicted octanol–water partition coefficient (Wildman–Crippen LogP) is 6.32. The van der Waals surface area contributed by atoms with E-state index in [0.717, 1.165) is 11.1 Å². The van der Waals surface area contributed by atoms with Crippen molar-refractivity contribution in [1.82, 2.24) is 5.32 Å². The monoisotopic (exact) mass is 535 g/mol. The highest BCUT2D eigenvalue weighted by Gasteiger charge is 2.43. The lowest BCUT2D eigenvalue weighted by molar-refractivity contribution is -0.136. The Labute approximate surface area is 224 Å². The molecule has 1 heterocycles. The van der Waals surface area contributed by atoms with Crippen molar-refractivity contribution in [3.63, 3.8) is 0 Å². The Balaban J connectivity index is 1.55. The molecule has 0 aromatic heterocycles. The molecule has 1 unspecified atom stereocenters. The second-order valence-corrected chi connectivity index (χ2v) is 9.51. The molecule has 1 N–H and O–H groups in total. The number of halogens is 2. The van der Waals surface area contributed by atoms with Crippen LogP contribution >= 0.6 is 23.2 Å². The minimum atomic E-state index is -0.651. The molecule has 3 aromatic rings. The molecule has 0 bridgehead atoms. The molecule has 0 radical (unpaired) electrons. The quantitative estimate of drug-likeness (QED) is 0.372. The van der Waals surface area contributed by atoms with Crippen LogP contribution in [-0.2, 0) is 16.1 Å². The van der Waals surface area contributed by atoms with Crippen LogP contribution in [-0.4, -0.2) is 26.0 Å². The first-order valence-corrected chi connectivity index (χ1v) is 12.3. The second-order valence-electron chi connectivity index (χ2n) is 8.70. The van der Waals surface area contributed by atoms with Gasteiger partial charge in [0.2, 0.25) is 0 Å². The second kappa shape index (κ2) is 9.96. The van der Waals surface area contributed by atoms with Crippen molar-refractivity contribution in [1.29, 1.82) is 0 Å². The molecule has 1 aliphatic heterocycles. The number of nitrogens with one attached hydrogen (secondary N) is 1. The van der Waals surface area contributed by atoms with E-state index in [1.165, 1.54) is 14.2 Å². The average Bonchev–Trinajstić information content (AvgIpc) is 3.19. The first kappa shape index (κ1) is 24.9. The number of ketones is 1. The van der Waals surface area contributed by atoms with Gasteiger partial charge < -0.3 is 19.5 Å². The van der Waals surface area contributed by atoms with Gasteiger partial charge in [-0.3, -0.25) is 4.79 Å². The third kappa shape index (κ3) is 4.37. The maximum absolute atomic E-state index is 13.6. The number of carbonyl (C=O) groups is 2. The Morgan fingerprint density at radius 3 is 2.41 bits per heavy atom. The first-order valence-electron chi connectivity index (χ1n) is 11.5. The number of esters is 1. The SMILES string of the molecule is COC(=O)C1=C(C)NC2=C(C(=O)c3ccccc32)C1c1ccc(OCc2ccc(Cl)c(Cl)c2)c(OC)c1. The van der Waals surface area contributed by atoms with E-state index >= 15 is 0 Å². The van der Waals surface area contributed by atoms with Gasteiger partial charge in [-0.05, 0) is 42.3 Å². The highest BCUT2D eigenvalue weighted by molar-refractivity contribution is 6.42. The van der Waals surface area contributed by atoms with Gasteiger partial charge in [-0.15, -0.1) is 0 Å². The highest BCUT2D eigenvalue weighted by Crippen LogP contribution is 2.48. The lowest BCUT2D eigenvalue weighted by Crippen LogP contribution is -2.29. The number of hydrogen-bond acceptors (Lipinski definition) is 6. The Morgan fingerprint density at radius 1 is 0.946 bits per heavy atom. The molecule has 0 spiro atoms. The lowest BCUT2D eigenvalue weighted by Gasteiger charge is -2.29. The van der Waals surface area contributed by atoms with Crippen LogP contribution in [0.25, 0.3) is 5.70 Å². The average molecular weight is 536 g/mol. The van der Waals surface area contributed by atoms with E-state index in [9.17, 15) is 9.59 Å². The normalized spacial score (nSPS) is 16.2. The van der Waals surface area contributed by atoms with Crippen molar-refractivity contribution in [2.24, 2.45) is 0 Å². The predicted molar refractivity (Wildman–Crippen MR) is 142 cm³/mol. The highest BCUT2D eigenvalue weighted by atomic mass is 35.5.